The number of rotatable bonds is 13. The topological polar surface area (TPSA) is 129 Å². The van der Waals surface area contributed by atoms with Gasteiger partial charge < -0.3 is 18.5 Å². The average Bonchev–Trinajstić information content (AvgIpc) is 2.89. The summed E-state index contributed by atoms with van der Waals surface area (Å²) in [5, 5.41) is 4.95. The van der Waals surface area contributed by atoms with Gasteiger partial charge in [0.1, 0.15) is 23.6 Å². The van der Waals surface area contributed by atoms with Crippen LogP contribution in [0.2, 0.25) is 0 Å². The molecule has 0 heterocycles. The molecule has 0 amide bonds. The molecule has 10 nitrogen and oxygen atoms in total. The standard InChI is InChI=1S/C15H24NO4P.C14H22NO4P.2CH4/c1-6-19-14(17)12(2)16-21(18,15(3,4)5)20-13-10-8-7-9-11-13;1-5-18-14(16)12(4)15-20(17,11(2)3)19-13-9-7-6-8-10-13;;/h7-12H,6H2,1-5H3,(H,16,18);6-12H,5H2,1-4H3,(H,15,17);2*1H4/t12-,21?;12-,20?;;/m10../s1. The van der Waals surface area contributed by atoms with Crippen molar-refractivity contribution in [2.75, 3.05) is 13.2 Å². The second kappa shape index (κ2) is 19.6. The van der Waals surface area contributed by atoms with Crippen LogP contribution in [0.3, 0.4) is 0 Å². The van der Waals surface area contributed by atoms with Gasteiger partial charge in [0.2, 0.25) is 0 Å². The SMILES string of the molecule is C.C.CCOC(=O)[C@@H](C)NP(=O)(Oc1ccccc1)C(C)(C)C.CCOC(=O)[C@H](C)NP(=O)(Oc1ccccc1)C(C)C. The molecule has 0 saturated carbocycles. The maximum Gasteiger partial charge on any atom is 0.323 e. The van der Waals surface area contributed by atoms with Crippen molar-refractivity contribution in [2.24, 2.45) is 0 Å². The average molecular weight is 645 g/mol. The van der Waals surface area contributed by atoms with Crippen molar-refractivity contribution in [2.45, 2.75) is 100 Å². The van der Waals surface area contributed by atoms with Crippen LogP contribution < -0.4 is 19.2 Å². The van der Waals surface area contributed by atoms with E-state index in [2.05, 4.69) is 10.2 Å². The highest BCUT2D eigenvalue weighted by Gasteiger charge is 2.42. The van der Waals surface area contributed by atoms with Crippen LogP contribution in [0.15, 0.2) is 60.7 Å². The van der Waals surface area contributed by atoms with E-state index < -0.39 is 44.2 Å². The first-order valence-corrected chi connectivity index (χ1v) is 17.0. The van der Waals surface area contributed by atoms with Crippen molar-refractivity contribution in [1.29, 1.82) is 0 Å². The Bertz CT molecular complexity index is 1170. The van der Waals surface area contributed by atoms with E-state index in [1.165, 1.54) is 0 Å². The molecule has 2 rings (SSSR count). The molecule has 0 aliphatic carbocycles. The van der Waals surface area contributed by atoms with E-state index in [9.17, 15) is 18.7 Å². The molecule has 0 saturated heterocycles. The number of carbonyl (C=O) groups excluding carboxylic acids is 2. The summed E-state index contributed by atoms with van der Waals surface area (Å²) in [6, 6.07) is 16.4. The number of hydrogen-bond acceptors (Lipinski definition) is 8. The predicted molar refractivity (Wildman–Crippen MR) is 176 cm³/mol. The number of ether oxygens (including phenoxy) is 2. The zero-order valence-corrected chi connectivity index (χ0v) is 27.4. The van der Waals surface area contributed by atoms with E-state index in [4.69, 9.17) is 18.5 Å². The molecule has 0 radical (unpaired) electrons. The number of hydrogen-bond donors (Lipinski definition) is 2. The fourth-order valence-electron chi connectivity index (χ4n) is 3.07. The van der Waals surface area contributed by atoms with Crippen LogP contribution in [0.4, 0.5) is 0 Å². The maximum atomic E-state index is 13.2. The van der Waals surface area contributed by atoms with Crippen LogP contribution in [-0.2, 0) is 28.2 Å². The zero-order valence-electron chi connectivity index (χ0n) is 25.6. The van der Waals surface area contributed by atoms with E-state index in [0.29, 0.717) is 11.5 Å². The highest BCUT2D eigenvalue weighted by molar-refractivity contribution is 7.59. The van der Waals surface area contributed by atoms with Gasteiger partial charge in [0, 0.05) is 0 Å². The number of benzene rings is 2. The molecule has 2 unspecified atom stereocenters. The molecular formula is C31H54N2O8P2. The Morgan fingerprint density at radius 2 is 1.07 bits per heavy atom. The number of esters is 2. The summed E-state index contributed by atoms with van der Waals surface area (Å²) >= 11 is 0. The van der Waals surface area contributed by atoms with Gasteiger partial charge in [0.05, 0.1) is 24.0 Å². The summed E-state index contributed by atoms with van der Waals surface area (Å²) in [6.07, 6.45) is 0. The minimum atomic E-state index is -3.31. The lowest BCUT2D eigenvalue weighted by Crippen LogP contribution is -2.39. The van der Waals surface area contributed by atoms with E-state index >= 15 is 0 Å². The maximum absolute atomic E-state index is 13.2. The van der Waals surface area contributed by atoms with Crippen LogP contribution in [-0.4, -0.2) is 48.1 Å². The highest BCUT2D eigenvalue weighted by atomic mass is 31.2. The number of nitrogens with one attached hydrogen (secondary N) is 2. The largest absolute Gasteiger partial charge is 0.465 e. The van der Waals surface area contributed by atoms with Gasteiger partial charge in [-0.25, -0.2) is 10.2 Å². The molecular weight excluding hydrogens is 590 g/mol. The summed E-state index contributed by atoms with van der Waals surface area (Å²) in [5.41, 5.74) is -0.264. The van der Waals surface area contributed by atoms with E-state index in [1.54, 1.807) is 90.1 Å². The smallest absolute Gasteiger partial charge is 0.323 e. The number of para-hydroxylation sites is 2. The lowest BCUT2D eigenvalue weighted by Gasteiger charge is -2.32. The van der Waals surface area contributed by atoms with Gasteiger partial charge in [0.25, 0.3) is 0 Å². The first kappa shape index (κ1) is 42.5. The van der Waals surface area contributed by atoms with Crippen molar-refractivity contribution in [3.63, 3.8) is 0 Å². The second-order valence-electron chi connectivity index (χ2n) is 10.4. The van der Waals surface area contributed by atoms with Gasteiger partial charge in [-0.15, -0.1) is 0 Å². The molecule has 4 atom stereocenters. The summed E-state index contributed by atoms with van der Waals surface area (Å²) in [5.74, 6) is 0.121. The molecule has 0 bridgehead atoms. The molecule has 12 heteroatoms. The molecule has 0 aliphatic heterocycles. The van der Waals surface area contributed by atoms with Crippen molar-refractivity contribution in [1.82, 2.24) is 10.2 Å². The van der Waals surface area contributed by atoms with Crippen LogP contribution in [0.5, 0.6) is 11.5 Å². The number of carbonyl (C=O) groups is 2. The third-order valence-corrected chi connectivity index (χ3v) is 11.1. The van der Waals surface area contributed by atoms with Crippen molar-refractivity contribution in [3.05, 3.63) is 60.7 Å². The van der Waals surface area contributed by atoms with Crippen molar-refractivity contribution < 1.29 is 37.2 Å². The highest BCUT2D eigenvalue weighted by Crippen LogP contribution is 2.55. The van der Waals surface area contributed by atoms with Gasteiger partial charge in [0.15, 0.2) is 0 Å². The van der Waals surface area contributed by atoms with E-state index in [0.717, 1.165) is 0 Å². The lowest BCUT2D eigenvalue weighted by atomic mass is 10.3. The monoisotopic (exact) mass is 644 g/mol. The Morgan fingerprint density at radius 1 is 0.698 bits per heavy atom. The minimum Gasteiger partial charge on any atom is -0.465 e. The summed E-state index contributed by atoms with van der Waals surface area (Å²) < 4.78 is 47.2. The van der Waals surface area contributed by atoms with Crippen LogP contribution in [0, 0.1) is 0 Å². The van der Waals surface area contributed by atoms with Crippen LogP contribution >= 0.6 is 15.0 Å². The normalized spacial score (nSPS) is 14.9. The first-order valence-electron chi connectivity index (χ1n) is 13.7. The van der Waals surface area contributed by atoms with Crippen molar-refractivity contribution >= 4 is 27.0 Å². The summed E-state index contributed by atoms with van der Waals surface area (Å²) in [7, 11) is -6.51. The quantitative estimate of drug-likeness (QED) is 0.163. The van der Waals surface area contributed by atoms with Crippen LogP contribution in [0.25, 0.3) is 0 Å². The third kappa shape index (κ3) is 14.1. The Hall–Kier alpha value is -2.64. The van der Waals surface area contributed by atoms with Gasteiger partial charge in [-0.2, -0.15) is 0 Å². The molecule has 0 fully saturated rings. The molecule has 2 aromatic rings. The Morgan fingerprint density at radius 3 is 1.42 bits per heavy atom. The first-order chi connectivity index (χ1) is 19.1. The second-order valence-corrected chi connectivity index (χ2v) is 16.0. The Balaban J connectivity index is 0. The lowest BCUT2D eigenvalue weighted by molar-refractivity contribution is -0.145. The molecule has 43 heavy (non-hydrogen) atoms. The summed E-state index contributed by atoms with van der Waals surface area (Å²) in [6.45, 7) is 16.3. The van der Waals surface area contributed by atoms with Crippen LogP contribution in [0.1, 0.15) is 77.2 Å². The van der Waals surface area contributed by atoms with E-state index in [1.807, 2.05) is 32.9 Å². The molecule has 246 valence electrons. The molecule has 0 spiro atoms. The van der Waals surface area contributed by atoms with Crippen molar-refractivity contribution in [3.8, 4) is 11.5 Å². The Kier molecular flexibility index (Phi) is 19.4. The van der Waals surface area contributed by atoms with Gasteiger partial charge >= 0.3 is 27.0 Å². The molecule has 0 aliphatic rings. The molecule has 2 aromatic carbocycles. The molecule has 0 aromatic heterocycles. The molecule has 2 N–H and O–H groups in total. The fourth-order valence-corrected chi connectivity index (χ4v) is 6.46. The minimum absolute atomic E-state index is 0. The van der Waals surface area contributed by atoms with Gasteiger partial charge in [-0.3, -0.25) is 18.7 Å². The van der Waals surface area contributed by atoms with Gasteiger partial charge in [-0.1, -0.05) is 65.1 Å². The summed E-state index contributed by atoms with van der Waals surface area (Å²) in [4.78, 5) is 23.4. The van der Waals surface area contributed by atoms with Gasteiger partial charge in [-0.05, 0) is 72.7 Å². The fraction of sp³-hybridized carbons (Fsp3) is 0.548. The third-order valence-electron chi connectivity index (χ3n) is 5.54. The predicted octanol–water partition coefficient (Wildman–Crippen LogP) is 8.08. The van der Waals surface area contributed by atoms with E-state index in [-0.39, 0.29) is 33.7 Å². The zero-order chi connectivity index (χ0) is 31.3. The Labute approximate surface area is 259 Å².